The predicted molar refractivity (Wildman–Crippen MR) is 84.5 cm³/mol. The molecule has 0 bridgehead atoms. The van der Waals surface area contributed by atoms with Crippen molar-refractivity contribution in [2.45, 2.75) is 20.4 Å². The van der Waals surface area contributed by atoms with Gasteiger partial charge in [-0.1, -0.05) is 29.8 Å². The Balaban J connectivity index is 2.72. The van der Waals surface area contributed by atoms with Crippen LogP contribution in [0.3, 0.4) is 0 Å². The second-order valence-corrected chi connectivity index (χ2v) is 6.56. The van der Waals surface area contributed by atoms with E-state index in [1.54, 1.807) is 6.07 Å². The fourth-order valence-corrected chi connectivity index (χ4v) is 2.39. The molecule has 108 valence electrons. The molecule has 0 aromatic heterocycles. The maximum absolute atomic E-state index is 9.60. The molecule has 0 radical (unpaired) electrons. The molecular formula is C15H25BrN2O. The van der Waals surface area contributed by atoms with Crippen LogP contribution in [-0.2, 0) is 6.54 Å². The Morgan fingerprint density at radius 3 is 2.47 bits per heavy atom. The van der Waals surface area contributed by atoms with Crippen LogP contribution in [0.2, 0.25) is 0 Å². The van der Waals surface area contributed by atoms with E-state index in [0.29, 0.717) is 11.7 Å². The average molecular weight is 329 g/mol. The summed E-state index contributed by atoms with van der Waals surface area (Å²) in [4.78, 5) is 4.63. The second kappa shape index (κ2) is 7.88. The van der Waals surface area contributed by atoms with Gasteiger partial charge in [0.2, 0.25) is 0 Å². The van der Waals surface area contributed by atoms with E-state index in [4.69, 9.17) is 0 Å². The molecule has 1 aromatic rings. The molecule has 0 saturated carbocycles. The summed E-state index contributed by atoms with van der Waals surface area (Å²) in [5.41, 5.74) is 1.14. The van der Waals surface area contributed by atoms with E-state index in [2.05, 4.69) is 53.7 Å². The highest BCUT2D eigenvalue weighted by atomic mass is 79.9. The van der Waals surface area contributed by atoms with E-state index in [1.807, 2.05) is 12.1 Å². The van der Waals surface area contributed by atoms with Crippen LogP contribution in [0.1, 0.15) is 19.4 Å². The number of benzene rings is 1. The molecule has 4 heteroatoms. The van der Waals surface area contributed by atoms with Crippen LogP contribution in [0.5, 0.6) is 5.75 Å². The minimum absolute atomic E-state index is 0.329. The number of halogens is 1. The first-order valence-corrected chi connectivity index (χ1v) is 7.52. The van der Waals surface area contributed by atoms with Gasteiger partial charge in [0.15, 0.2) is 0 Å². The number of rotatable bonds is 7. The smallest absolute Gasteiger partial charge is 0.115 e. The molecule has 0 spiro atoms. The van der Waals surface area contributed by atoms with E-state index >= 15 is 0 Å². The highest BCUT2D eigenvalue weighted by Gasteiger charge is 2.11. The van der Waals surface area contributed by atoms with Crippen LogP contribution >= 0.6 is 15.9 Å². The van der Waals surface area contributed by atoms with Gasteiger partial charge in [-0.15, -0.1) is 0 Å². The third kappa shape index (κ3) is 6.41. The van der Waals surface area contributed by atoms with Crippen LogP contribution in [0.15, 0.2) is 22.7 Å². The Labute approximate surface area is 125 Å². The molecule has 0 unspecified atom stereocenters. The van der Waals surface area contributed by atoms with Gasteiger partial charge < -0.3 is 10.0 Å². The number of hydrogen-bond acceptors (Lipinski definition) is 3. The third-order valence-electron chi connectivity index (χ3n) is 2.91. The highest BCUT2D eigenvalue weighted by Crippen LogP contribution is 2.23. The van der Waals surface area contributed by atoms with Crippen molar-refractivity contribution in [3.63, 3.8) is 0 Å². The molecule has 0 aliphatic rings. The minimum Gasteiger partial charge on any atom is -0.508 e. The SMILES string of the molecule is CC(C)CN(CCN(C)C)Cc1cc(O)ccc1Br. The lowest BCUT2D eigenvalue weighted by Crippen LogP contribution is -2.34. The van der Waals surface area contributed by atoms with Crippen molar-refractivity contribution in [1.29, 1.82) is 0 Å². The first-order chi connectivity index (χ1) is 8.88. The van der Waals surface area contributed by atoms with Gasteiger partial charge in [-0.2, -0.15) is 0 Å². The Hall–Kier alpha value is -0.580. The summed E-state index contributed by atoms with van der Waals surface area (Å²) in [6.07, 6.45) is 0. The standard InChI is InChI=1S/C15H25BrN2O/c1-12(2)10-18(8-7-17(3)4)11-13-9-14(19)5-6-15(13)16/h5-6,9,12,19H,7-8,10-11H2,1-4H3. The molecule has 19 heavy (non-hydrogen) atoms. The van der Waals surface area contributed by atoms with Gasteiger partial charge in [-0.05, 0) is 43.8 Å². The van der Waals surface area contributed by atoms with Crippen molar-refractivity contribution in [2.24, 2.45) is 5.92 Å². The number of aromatic hydroxyl groups is 1. The number of phenolic OH excluding ortho intramolecular Hbond substituents is 1. The quantitative estimate of drug-likeness (QED) is 0.832. The van der Waals surface area contributed by atoms with Crippen LogP contribution < -0.4 is 0 Å². The Morgan fingerprint density at radius 2 is 1.89 bits per heavy atom. The maximum Gasteiger partial charge on any atom is 0.115 e. The van der Waals surface area contributed by atoms with Gasteiger partial charge in [-0.3, -0.25) is 4.90 Å². The third-order valence-corrected chi connectivity index (χ3v) is 3.68. The van der Waals surface area contributed by atoms with Gasteiger partial charge in [-0.25, -0.2) is 0 Å². The van der Waals surface area contributed by atoms with E-state index in [0.717, 1.165) is 36.2 Å². The lowest BCUT2D eigenvalue weighted by Gasteiger charge is -2.26. The lowest BCUT2D eigenvalue weighted by molar-refractivity contribution is 0.211. The van der Waals surface area contributed by atoms with Gasteiger partial charge in [0.25, 0.3) is 0 Å². The lowest BCUT2D eigenvalue weighted by atomic mass is 10.1. The van der Waals surface area contributed by atoms with Gasteiger partial charge in [0.05, 0.1) is 0 Å². The molecule has 0 atom stereocenters. The molecule has 1 rings (SSSR count). The zero-order valence-corrected chi connectivity index (χ0v) is 13.9. The van der Waals surface area contributed by atoms with Gasteiger partial charge >= 0.3 is 0 Å². The molecule has 0 fully saturated rings. The van der Waals surface area contributed by atoms with E-state index in [1.165, 1.54) is 0 Å². The second-order valence-electron chi connectivity index (χ2n) is 5.71. The van der Waals surface area contributed by atoms with Crippen LogP contribution in [0.4, 0.5) is 0 Å². The molecule has 1 aromatic carbocycles. The molecule has 0 aliphatic carbocycles. The predicted octanol–water partition coefficient (Wildman–Crippen LogP) is 3.17. The summed E-state index contributed by atoms with van der Waals surface area (Å²) in [5.74, 6) is 0.966. The normalized spacial score (nSPS) is 11.8. The van der Waals surface area contributed by atoms with Crippen molar-refractivity contribution >= 4 is 15.9 Å². The number of hydrogen-bond donors (Lipinski definition) is 1. The molecule has 0 saturated heterocycles. The monoisotopic (exact) mass is 328 g/mol. The first kappa shape index (κ1) is 16.5. The van der Waals surface area contributed by atoms with Crippen LogP contribution in [0.25, 0.3) is 0 Å². The molecule has 0 amide bonds. The zero-order valence-electron chi connectivity index (χ0n) is 12.4. The van der Waals surface area contributed by atoms with Crippen LogP contribution in [0, 0.1) is 5.92 Å². The van der Waals surface area contributed by atoms with E-state index < -0.39 is 0 Å². The van der Waals surface area contributed by atoms with Crippen molar-refractivity contribution in [3.8, 4) is 5.75 Å². The highest BCUT2D eigenvalue weighted by molar-refractivity contribution is 9.10. The molecule has 3 nitrogen and oxygen atoms in total. The Morgan fingerprint density at radius 1 is 1.21 bits per heavy atom. The molecule has 0 heterocycles. The fraction of sp³-hybridized carbons (Fsp3) is 0.600. The summed E-state index contributed by atoms with van der Waals surface area (Å²) >= 11 is 3.56. The van der Waals surface area contributed by atoms with Crippen molar-refractivity contribution in [3.05, 3.63) is 28.2 Å². The number of phenols is 1. The van der Waals surface area contributed by atoms with Crippen LogP contribution in [-0.4, -0.2) is 48.6 Å². The molecule has 1 N–H and O–H groups in total. The summed E-state index contributed by atoms with van der Waals surface area (Å²) in [6, 6.07) is 5.46. The summed E-state index contributed by atoms with van der Waals surface area (Å²) in [7, 11) is 4.19. The minimum atomic E-state index is 0.329. The number of likely N-dealkylation sites (N-methyl/N-ethyl adjacent to an activating group) is 1. The summed E-state index contributed by atoms with van der Waals surface area (Å²) in [5, 5.41) is 9.60. The largest absolute Gasteiger partial charge is 0.508 e. The van der Waals surface area contributed by atoms with E-state index in [9.17, 15) is 5.11 Å². The Bertz CT molecular complexity index is 394. The average Bonchev–Trinajstić information content (AvgIpc) is 2.30. The van der Waals surface area contributed by atoms with Gasteiger partial charge in [0.1, 0.15) is 5.75 Å². The van der Waals surface area contributed by atoms with Crippen molar-refractivity contribution in [1.82, 2.24) is 9.80 Å². The fourth-order valence-electron chi connectivity index (χ4n) is 2.02. The zero-order chi connectivity index (χ0) is 14.4. The Kier molecular flexibility index (Phi) is 6.83. The summed E-state index contributed by atoms with van der Waals surface area (Å²) in [6.45, 7) is 8.48. The van der Waals surface area contributed by atoms with Crippen molar-refractivity contribution < 1.29 is 5.11 Å². The number of nitrogens with zero attached hydrogens (tertiary/aromatic N) is 2. The topological polar surface area (TPSA) is 26.7 Å². The maximum atomic E-state index is 9.60. The van der Waals surface area contributed by atoms with Crippen molar-refractivity contribution in [2.75, 3.05) is 33.7 Å². The summed E-state index contributed by atoms with van der Waals surface area (Å²) < 4.78 is 1.06. The molecule has 0 aliphatic heterocycles. The van der Waals surface area contributed by atoms with E-state index in [-0.39, 0.29) is 0 Å². The van der Waals surface area contributed by atoms with Gasteiger partial charge in [0, 0.05) is 30.7 Å². The first-order valence-electron chi connectivity index (χ1n) is 6.73. The molecular weight excluding hydrogens is 304 g/mol.